The van der Waals surface area contributed by atoms with Crippen LogP contribution in [0.15, 0.2) is 18.2 Å². The number of nitrogens with two attached hydrogens (primary N) is 1. The Labute approximate surface area is 111 Å². The van der Waals surface area contributed by atoms with Crippen molar-refractivity contribution in [2.45, 2.75) is 24.8 Å². The lowest BCUT2D eigenvalue weighted by molar-refractivity contribution is -0.139. The first-order valence-electron chi connectivity index (χ1n) is 5.16. The number of hydrogen-bond acceptors (Lipinski definition) is 3. The standard InChI is InChI=1S/C11H13BrF3NO2/c12-4-3-9(17)10(18)7-2-1-6(16)5-8(7)11(13,14)15/h1-2,5,9-10,17-18H,3-4,16H2. The normalized spacial score (nSPS) is 15.4. The van der Waals surface area contributed by atoms with E-state index >= 15 is 0 Å². The van der Waals surface area contributed by atoms with Crippen molar-refractivity contribution in [3.05, 3.63) is 29.3 Å². The smallest absolute Gasteiger partial charge is 0.399 e. The average molecular weight is 328 g/mol. The highest BCUT2D eigenvalue weighted by atomic mass is 79.9. The molecule has 0 spiro atoms. The van der Waals surface area contributed by atoms with E-state index in [1.165, 1.54) is 6.07 Å². The maximum Gasteiger partial charge on any atom is 0.416 e. The fourth-order valence-corrected chi connectivity index (χ4v) is 2.02. The number of alkyl halides is 4. The minimum Gasteiger partial charge on any atom is -0.399 e. The van der Waals surface area contributed by atoms with Crippen molar-refractivity contribution in [2.75, 3.05) is 11.1 Å². The Hall–Kier alpha value is -0.790. The molecule has 102 valence electrons. The second-order valence-corrected chi connectivity index (χ2v) is 4.63. The third kappa shape index (κ3) is 3.60. The van der Waals surface area contributed by atoms with Gasteiger partial charge >= 0.3 is 6.18 Å². The second kappa shape index (κ2) is 5.90. The molecule has 0 aliphatic carbocycles. The molecule has 0 saturated heterocycles. The van der Waals surface area contributed by atoms with Crippen LogP contribution >= 0.6 is 15.9 Å². The predicted molar refractivity (Wildman–Crippen MR) is 65.2 cm³/mol. The number of aliphatic hydroxyl groups excluding tert-OH is 2. The van der Waals surface area contributed by atoms with Gasteiger partial charge in [0.15, 0.2) is 0 Å². The lowest BCUT2D eigenvalue weighted by Crippen LogP contribution is -2.22. The minimum absolute atomic E-state index is 0.0479. The third-order valence-corrected chi connectivity index (χ3v) is 2.93. The van der Waals surface area contributed by atoms with Crippen LogP contribution in [0.3, 0.4) is 0 Å². The number of anilines is 1. The molecule has 0 aromatic heterocycles. The van der Waals surface area contributed by atoms with Crippen LogP contribution in [0.2, 0.25) is 0 Å². The first-order valence-corrected chi connectivity index (χ1v) is 6.28. The predicted octanol–water partition coefficient (Wildman–Crippen LogP) is 2.47. The van der Waals surface area contributed by atoms with Gasteiger partial charge < -0.3 is 15.9 Å². The van der Waals surface area contributed by atoms with Gasteiger partial charge in [-0.05, 0) is 24.1 Å². The topological polar surface area (TPSA) is 66.5 Å². The quantitative estimate of drug-likeness (QED) is 0.588. The number of aliphatic hydroxyl groups is 2. The van der Waals surface area contributed by atoms with Gasteiger partial charge in [-0.1, -0.05) is 22.0 Å². The molecule has 1 aromatic rings. The maximum atomic E-state index is 12.8. The van der Waals surface area contributed by atoms with Crippen molar-refractivity contribution in [1.82, 2.24) is 0 Å². The molecule has 3 nitrogen and oxygen atoms in total. The summed E-state index contributed by atoms with van der Waals surface area (Å²) in [6, 6.07) is 3.09. The Kier molecular flexibility index (Phi) is 5.01. The van der Waals surface area contributed by atoms with Gasteiger partial charge in [0.05, 0.1) is 11.7 Å². The van der Waals surface area contributed by atoms with Crippen LogP contribution in [0.25, 0.3) is 0 Å². The van der Waals surface area contributed by atoms with E-state index in [0.29, 0.717) is 5.33 Å². The van der Waals surface area contributed by atoms with Crippen molar-refractivity contribution in [3.63, 3.8) is 0 Å². The Bertz CT molecular complexity index is 412. The number of halogens is 4. The summed E-state index contributed by atoms with van der Waals surface area (Å²) in [6.07, 6.45) is -7.35. The van der Waals surface area contributed by atoms with Gasteiger partial charge in [-0.3, -0.25) is 0 Å². The van der Waals surface area contributed by atoms with E-state index in [2.05, 4.69) is 15.9 Å². The van der Waals surface area contributed by atoms with Crippen molar-refractivity contribution < 1.29 is 23.4 Å². The van der Waals surface area contributed by atoms with Crippen LogP contribution < -0.4 is 5.73 Å². The number of nitrogen functional groups attached to an aromatic ring is 1. The van der Waals surface area contributed by atoms with E-state index < -0.39 is 23.9 Å². The van der Waals surface area contributed by atoms with Crippen LogP contribution in [-0.4, -0.2) is 21.6 Å². The van der Waals surface area contributed by atoms with Crippen LogP contribution in [0, 0.1) is 0 Å². The second-order valence-electron chi connectivity index (χ2n) is 3.83. The summed E-state index contributed by atoms with van der Waals surface area (Å²) in [4.78, 5) is 0. The first-order chi connectivity index (χ1) is 8.27. The number of rotatable bonds is 4. The molecule has 0 amide bonds. The molecule has 4 N–H and O–H groups in total. The Morgan fingerprint density at radius 1 is 1.28 bits per heavy atom. The zero-order chi connectivity index (χ0) is 13.9. The van der Waals surface area contributed by atoms with Crippen molar-refractivity contribution in [3.8, 4) is 0 Å². The molecule has 1 aromatic carbocycles. The zero-order valence-electron chi connectivity index (χ0n) is 9.28. The molecular weight excluding hydrogens is 315 g/mol. The molecule has 0 aliphatic rings. The molecular formula is C11H13BrF3NO2. The molecule has 0 saturated carbocycles. The van der Waals surface area contributed by atoms with Crippen molar-refractivity contribution >= 4 is 21.6 Å². The fraction of sp³-hybridized carbons (Fsp3) is 0.455. The lowest BCUT2D eigenvalue weighted by atomic mass is 9.96. The largest absolute Gasteiger partial charge is 0.416 e. The molecule has 2 atom stereocenters. The third-order valence-electron chi connectivity index (χ3n) is 2.47. The Morgan fingerprint density at radius 3 is 2.39 bits per heavy atom. The fourth-order valence-electron chi connectivity index (χ4n) is 1.55. The van der Waals surface area contributed by atoms with E-state index in [4.69, 9.17) is 5.73 Å². The summed E-state index contributed by atoms with van der Waals surface area (Å²) >= 11 is 3.05. The molecule has 0 aliphatic heterocycles. The summed E-state index contributed by atoms with van der Waals surface area (Å²) < 4.78 is 38.3. The van der Waals surface area contributed by atoms with Crippen LogP contribution in [0.1, 0.15) is 23.7 Å². The summed E-state index contributed by atoms with van der Waals surface area (Å²) in [5.74, 6) is 0. The van der Waals surface area contributed by atoms with Crippen molar-refractivity contribution in [2.24, 2.45) is 0 Å². The van der Waals surface area contributed by atoms with Crippen molar-refractivity contribution in [1.29, 1.82) is 0 Å². The summed E-state index contributed by atoms with van der Waals surface area (Å²) in [5, 5.41) is 19.7. The molecule has 7 heteroatoms. The monoisotopic (exact) mass is 327 g/mol. The number of benzene rings is 1. The highest BCUT2D eigenvalue weighted by Crippen LogP contribution is 2.37. The van der Waals surface area contributed by atoms with E-state index in [-0.39, 0.29) is 17.7 Å². The van der Waals surface area contributed by atoms with Gasteiger partial charge in [0.2, 0.25) is 0 Å². The summed E-state index contributed by atoms with van der Waals surface area (Å²) in [5.41, 5.74) is 3.86. The molecule has 0 bridgehead atoms. The Balaban J connectivity index is 3.15. The zero-order valence-corrected chi connectivity index (χ0v) is 10.9. The maximum absolute atomic E-state index is 12.8. The van der Waals surface area contributed by atoms with Gasteiger partial charge in [-0.25, -0.2) is 0 Å². The summed E-state index contributed by atoms with van der Waals surface area (Å²) in [6.45, 7) is 0. The van der Waals surface area contributed by atoms with Gasteiger partial charge in [0.25, 0.3) is 0 Å². The Morgan fingerprint density at radius 2 is 1.89 bits per heavy atom. The van der Waals surface area contributed by atoms with Gasteiger partial charge in [0, 0.05) is 11.0 Å². The van der Waals surface area contributed by atoms with E-state index in [1.807, 2.05) is 0 Å². The van der Waals surface area contributed by atoms with Gasteiger partial charge in [0.1, 0.15) is 6.10 Å². The minimum atomic E-state index is -4.63. The molecule has 0 radical (unpaired) electrons. The van der Waals surface area contributed by atoms with E-state index in [0.717, 1.165) is 12.1 Å². The highest BCUT2D eigenvalue weighted by molar-refractivity contribution is 9.09. The molecule has 0 heterocycles. The van der Waals surface area contributed by atoms with E-state index in [9.17, 15) is 23.4 Å². The van der Waals surface area contributed by atoms with Gasteiger partial charge in [-0.2, -0.15) is 13.2 Å². The van der Waals surface area contributed by atoms with Crippen LogP contribution in [0.5, 0.6) is 0 Å². The molecule has 18 heavy (non-hydrogen) atoms. The van der Waals surface area contributed by atoms with Crippen LogP contribution in [-0.2, 0) is 6.18 Å². The number of hydrogen-bond donors (Lipinski definition) is 3. The van der Waals surface area contributed by atoms with Crippen LogP contribution in [0.4, 0.5) is 18.9 Å². The first kappa shape index (κ1) is 15.3. The lowest BCUT2D eigenvalue weighted by Gasteiger charge is -2.21. The summed E-state index contributed by atoms with van der Waals surface area (Å²) in [7, 11) is 0. The molecule has 1 rings (SSSR count). The molecule has 0 fully saturated rings. The average Bonchev–Trinajstić information content (AvgIpc) is 2.27. The SMILES string of the molecule is Nc1ccc(C(O)C(O)CCBr)c(C(F)(F)F)c1. The van der Waals surface area contributed by atoms with E-state index in [1.54, 1.807) is 0 Å². The highest BCUT2D eigenvalue weighted by Gasteiger charge is 2.36. The molecule has 2 unspecified atom stereocenters. The van der Waals surface area contributed by atoms with Gasteiger partial charge in [-0.15, -0.1) is 0 Å².